The summed E-state index contributed by atoms with van der Waals surface area (Å²) in [5.74, 6) is -0.480. The lowest BCUT2D eigenvalue weighted by atomic mass is 10.0. The van der Waals surface area contributed by atoms with Gasteiger partial charge in [0.05, 0.1) is 25.2 Å². The van der Waals surface area contributed by atoms with Crippen molar-refractivity contribution in [2.24, 2.45) is 0 Å². The number of hydrogen-bond acceptors (Lipinski definition) is 5. The third-order valence-electron chi connectivity index (χ3n) is 11.3. The number of carbonyl (C=O) groups is 2. The standard InChI is InChI=1S/C49H95NO5/c1-4-7-10-13-16-19-21-22-23-24-25-27-29-32-35-38-41-47(52)46(44-51)50-48(53)43-45(40-37-34-31-28-18-15-12-9-6-3)55-49(54)42-39-36-33-30-26-20-17-14-11-8-5-2/h15,18,45-47,51-52H,4-14,16-17,19-44H2,1-3H3,(H,50,53)/b18-15-. The van der Waals surface area contributed by atoms with Gasteiger partial charge < -0.3 is 20.3 Å². The SMILES string of the molecule is CCCC/C=C\CCCCCC(CC(=O)NC(CO)C(O)CCCCCCCCCCCCCCCCCC)OC(=O)CCCCCCCCCCCCC. The molecular formula is C49H95NO5. The van der Waals surface area contributed by atoms with Gasteiger partial charge >= 0.3 is 5.97 Å². The smallest absolute Gasteiger partial charge is 0.306 e. The molecule has 326 valence electrons. The molecule has 0 fully saturated rings. The number of nitrogens with one attached hydrogen (secondary N) is 1. The molecule has 1 amide bonds. The summed E-state index contributed by atoms with van der Waals surface area (Å²) in [4.78, 5) is 25.9. The molecule has 0 bridgehead atoms. The first-order valence-corrected chi connectivity index (χ1v) is 24.4. The number of aliphatic hydroxyl groups is 2. The van der Waals surface area contributed by atoms with Crippen LogP contribution in [0.5, 0.6) is 0 Å². The van der Waals surface area contributed by atoms with Crippen LogP contribution in [0.3, 0.4) is 0 Å². The van der Waals surface area contributed by atoms with Gasteiger partial charge in [-0.1, -0.05) is 219 Å². The highest BCUT2D eigenvalue weighted by atomic mass is 16.5. The Morgan fingerprint density at radius 1 is 0.509 bits per heavy atom. The molecule has 0 radical (unpaired) electrons. The van der Waals surface area contributed by atoms with Gasteiger partial charge in [-0.25, -0.2) is 0 Å². The summed E-state index contributed by atoms with van der Waals surface area (Å²) in [6, 6.07) is -0.698. The molecule has 0 aliphatic carbocycles. The Kier molecular flexibility index (Phi) is 42.6. The fourth-order valence-corrected chi connectivity index (χ4v) is 7.59. The molecule has 0 aromatic rings. The first-order valence-electron chi connectivity index (χ1n) is 24.4. The lowest BCUT2D eigenvalue weighted by Gasteiger charge is -2.24. The van der Waals surface area contributed by atoms with E-state index in [1.807, 2.05) is 0 Å². The number of hydrogen-bond donors (Lipinski definition) is 3. The Bertz CT molecular complexity index is 832. The molecular weight excluding hydrogens is 683 g/mol. The highest BCUT2D eigenvalue weighted by Gasteiger charge is 2.24. The van der Waals surface area contributed by atoms with Gasteiger partial charge in [-0.3, -0.25) is 9.59 Å². The lowest BCUT2D eigenvalue weighted by molar-refractivity contribution is -0.151. The topological polar surface area (TPSA) is 95.9 Å². The van der Waals surface area contributed by atoms with Gasteiger partial charge in [0.2, 0.25) is 5.91 Å². The van der Waals surface area contributed by atoms with Crippen LogP contribution < -0.4 is 5.32 Å². The van der Waals surface area contributed by atoms with E-state index in [0.29, 0.717) is 19.3 Å². The maximum Gasteiger partial charge on any atom is 0.306 e. The van der Waals surface area contributed by atoms with E-state index >= 15 is 0 Å². The maximum atomic E-state index is 13.1. The molecule has 6 nitrogen and oxygen atoms in total. The molecule has 3 N–H and O–H groups in total. The zero-order valence-electron chi connectivity index (χ0n) is 37.1. The Morgan fingerprint density at radius 2 is 0.891 bits per heavy atom. The summed E-state index contributed by atoms with van der Waals surface area (Å²) in [5, 5.41) is 23.7. The minimum Gasteiger partial charge on any atom is -0.462 e. The third-order valence-corrected chi connectivity index (χ3v) is 11.3. The lowest BCUT2D eigenvalue weighted by Crippen LogP contribution is -2.46. The van der Waals surface area contributed by atoms with Crippen molar-refractivity contribution in [3.8, 4) is 0 Å². The predicted molar refractivity (Wildman–Crippen MR) is 237 cm³/mol. The van der Waals surface area contributed by atoms with Crippen LogP contribution in [0.2, 0.25) is 0 Å². The van der Waals surface area contributed by atoms with Crippen molar-refractivity contribution < 1.29 is 24.5 Å². The zero-order valence-corrected chi connectivity index (χ0v) is 37.1. The second-order valence-electron chi connectivity index (χ2n) is 16.9. The van der Waals surface area contributed by atoms with E-state index in [-0.39, 0.29) is 24.9 Å². The molecule has 0 aromatic carbocycles. The van der Waals surface area contributed by atoms with Crippen LogP contribution in [0.25, 0.3) is 0 Å². The highest BCUT2D eigenvalue weighted by Crippen LogP contribution is 2.18. The minimum absolute atomic E-state index is 0.0726. The van der Waals surface area contributed by atoms with Crippen LogP contribution in [0, 0.1) is 0 Å². The average Bonchev–Trinajstić information content (AvgIpc) is 3.18. The molecule has 6 heteroatoms. The second-order valence-corrected chi connectivity index (χ2v) is 16.9. The van der Waals surface area contributed by atoms with Crippen molar-refractivity contribution in [3.63, 3.8) is 0 Å². The van der Waals surface area contributed by atoms with Crippen molar-refractivity contribution in [2.75, 3.05) is 6.61 Å². The molecule has 0 spiro atoms. The number of aliphatic hydroxyl groups excluding tert-OH is 2. The van der Waals surface area contributed by atoms with Crippen LogP contribution >= 0.6 is 0 Å². The van der Waals surface area contributed by atoms with Crippen LogP contribution in [0.4, 0.5) is 0 Å². The van der Waals surface area contributed by atoms with Gasteiger partial charge in [-0.15, -0.1) is 0 Å². The quantitative estimate of drug-likeness (QED) is 0.0325. The number of carbonyl (C=O) groups excluding carboxylic acids is 2. The van der Waals surface area contributed by atoms with Gasteiger partial charge in [0.1, 0.15) is 6.10 Å². The van der Waals surface area contributed by atoms with Gasteiger partial charge in [0.25, 0.3) is 0 Å². The van der Waals surface area contributed by atoms with Crippen LogP contribution in [0.15, 0.2) is 12.2 Å². The highest BCUT2D eigenvalue weighted by molar-refractivity contribution is 5.77. The van der Waals surface area contributed by atoms with Crippen molar-refractivity contribution >= 4 is 11.9 Å². The van der Waals surface area contributed by atoms with E-state index in [9.17, 15) is 19.8 Å². The maximum absolute atomic E-state index is 13.1. The van der Waals surface area contributed by atoms with Gasteiger partial charge in [-0.05, 0) is 44.9 Å². The third kappa shape index (κ3) is 39.2. The molecule has 0 rings (SSSR count). The second kappa shape index (κ2) is 43.7. The largest absolute Gasteiger partial charge is 0.462 e. The Morgan fingerprint density at radius 3 is 1.35 bits per heavy atom. The fourth-order valence-electron chi connectivity index (χ4n) is 7.59. The number of unbranched alkanes of at least 4 members (excludes halogenated alkanes) is 30. The summed E-state index contributed by atoms with van der Waals surface area (Å²) >= 11 is 0. The number of ether oxygens (including phenoxy) is 1. The molecule has 0 aliphatic rings. The fraction of sp³-hybridized carbons (Fsp3) is 0.918. The van der Waals surface area contributed by atoms with Crippen LogP contribution in [-0.2, 0) is 14.3 Å². The van der Waals surface area contributed by atoms with Crippen molar-refractivity contribution in [1.29, 1.82) is 0 Å². The molecule has 0 aromatic heterocycles. The molecule has 55 heavy (non-hydrogen) atoms. The summed E-state index contributed by atoms with van der Waals surface area (Å²) in [5.41, 5.74) is 0. The van der Waals surface area contributed by atoms with Crippen molar-refractivity contribution in [1.82, 2.24) is 5.32 Å². The molecule has 3 atom stereocenters. The van der Waals surface area contributed by atoms with E-state index < -0.39 is 18.2 Å². The monoisotopic (exact) mass is 778 g/mol. The summed E-state index contributed by atoms with van der Waals surface area (Å²) in [7, 11) is 0. The van der Waals surface area contributed by atoms with Crippen LogP contribution in [0.1, 0.15) is 265 Å². The first kappa shape index (κ1) is 53.6. The normalized spacial score (nSPS) is 13.3. The van der Waals surface area contributed by atoms with Crippen LogP contribution in [-0.4, -0.2) is 46.9 Å². The molecule has 0 heterocycles. The van der Waals surface area contributed by atoms with E-state index in [1.54, 1.807) is 0 Å². The number of allylic oxidation sites excluding steroid dienone is 2. The number of amides is 1. The Hall–Kier alpha value is -1.40. The molecule has 3 unspecified atom stereocenters. The van der Waals surface area contributed by atoms with E-state index in [1.165, 1.54) is 154 Å². The summed E-state index contributed by atoms with van der Waals surface area (Å²) in [6.07, 6.45) is 47.1. The summed E-state index contributed by atoms with van der Waals surface area (Å²) < 4.78 is 5.89. The number of esters is 1. The van der Waals surface area contributed by atoms with E-state index in [4.69, 9.17) is 4.74 Å². The summed E-state index contributed by atoms with van der Waals surface area (Å²) in [6.45, 7) is 6.44. The van der Waals surface area contributed by atoms with Gasteiger partial charge in [0.15, 0.2) is 0 Å². The Labute approximate surface area is 342 Å². The predicted octanol–water partition coefficient (Wildman–Crippen LogP) is 14.2. The van der Waals surface area contributed by atoms with E-state index in [0.717, 1.165) is 64.2 Å². The van der Waals surface area contributed by atoms with Gasteiger partial charge in [-0.2, -0.15) is 0 Å². The molecule has 0 saturated heterocycles. The Balaban J connectivity index is 4.42. The molecule has 0 aliphatic heterocycles. The first-order chi connectivity index (χ1) is 27.0. The zero-order chi connectivity index (χ0) is 40.3. The van der Waals surface area contributed by atoms with Gasteiger partial charge in [0, 0.05) is 6.42 Å². The average molecular weight is 778 g/mol. The minimum atomic E-state index is -0.784. The molecule has 0 saturated carbocycles. The number of rotatable bonds is 44. The van der Waals surface area contributed by atoms with Crippen molar-refractivity contribution in [2.45, 2.75) is 283 Å². The van der Waals surface area contributed by atoms with Crippen molar-refractivity contribution in [3.05, 3.63) is 12.2 Å². The van der Waals surface area contributed by atoms with E-state index in [2.05, 4.69) is 38.2 Å².